The predicted molar refractivity (Wildman–Crippen MR) is 135 cm³/mol. The van der Waals surface area contributed by atoms with E-state index >= 15 is 0 Å². The molecule has 0 amide bonds. The van der Waals surface area contributed by atoms with Gasteiger partial charge in [-0.2, -0.15) is 0 Å². The fourth-order valence-electron chi connectivity index (χ4n) is 4.67. The van der Waals surface area contributed by atoms with E-state index in [9.17, 15) is 0 Å². The molecule has 0 radical (unpaired) electrons. The normalized spacial score (nSPS) is 28.7. The summed E-state index contributed by atoms with van der Waals surface area (Å²) in [5.41, 5.74) is 12.5. The van der Waals surface area contributed by atoms with Crippen molar-refractivity contribution in [3.63, 3.8) is 0 Å². The highest BCUT2D eigenvalue weighted by molar-refractivity contribution is 5.16. The maximum atomic E-state index is 6.36. The quantitative estimate of drug-likeness (QED) is 0.316. The Bertz CT molecular complexity index is 666. The topological polar surface area (TPSA) is 107 Å². The standard InChI is InChI=1S/C27H46N2O6/c1-2-3-4-5-6-7-8-12-17-32-27-25(31-19-16-29)24(30-18-15-28)23-22(34-27)20-33-26(35-23)21-13-10-9-11-14-21/h9-11,13-14,22-27H,2-8,12,15-20,28-29H2,1H3/t22-,23+,24+,25-,26?,27-/m1/s1. The van der Waals surface area contributed by atoms with E-state index in [-0.39, 0.29) is 12.2 Å². The van der Waals surface area contributed by atoms with Crippen LogP contribution in [0.5, 0.6) is 0 Å². The lowest BCUT2D eigenvalue weighted by Gasteiger charge is -2.49. The summed E-state index contributed by atoms with van der Waals surface area (Å²) in [4.78, 5) is 0. The molecule has 2 fully saturated rings. The van der Waals surface area contributed by atoms with Crippen LogP contribution in [0.4, 0.5) is 0 Å². The zero-order valence-electron chi connectivity index (χ0n) is 21.4. The average molecular weight is 495 g/mol. The summed E-state index contributed by atoms with van der Waals surface area (Å²) < 4.78 is 37.2. The molecular formula is C27H46N2O6. The molecule has 6 atom stereocenters. The van der Waals surface area contributed by atoms with Crippen molar-refractivity contribution < 1.29 is 28.4 Å². The number of unbranched alkanes of at least 4 members (excludes halogenated alkanes) is 7. The van der Waals surface area contributed by atoms with Crippen molar-refractivity contribution in [2.75, 3.05) is 39.5 Å². The molecular weight excluding hydrogens is 448 g/mol. The van der Waals surface area contributed by atoms with Gasteiger partial charge in [-0.3, -0.25) is 0 Å². The SMILES string of the molecule is CCCCCCCCCCO[C@@H]1O[C@@H]2COC(c3ccccc3)O[C@@H]2[C@H](OCCN)[C@H]1OCCN. The van der Waals surface area contributed by atoms with Crippen LogP contribution in [0.15, 0.2) is 30.3 Å². The lowest BCUT2D eigenvalue weighted by molar-refractivity contribution is -0.370. The smallest absolute Gasteiger partial charge is 0.186 e. The van der Waals surface area contributed by atoms with Crippen LogP contribution in [-0.2, 0) is 28.4 Å². The van der Waals surface area contributed by atoms with E-state index in [0.717, 1.165) is 18.4 Å². The molecule has 0 aliphatic carbocycles. The van der Waals surface area contributed by atoms with Crippen LogP contribution in [-0.4, -0.2) is 70.2 Å². The second-order valence-corrected chi connectivity index (χ2v) is 9.31. The molecule has 35 heavy (non-hydrogen) atoms. The third kappa shape index (κ3) is 9.05. The third-order valence-electron chi connectivity index (χ3n) is 6.49. The van der Waals surface area contributed by atoms with Gasteiger partial charge in [0.2, 0.25) is 0 Å². The Kier molecular flexibility index (Phi) is 13.5. The number of hydrogen-bond donors (Lipinski definition) is 2. The summed E-state index contributed by atoms with van der Waals surface area (Å²) in [5, 5.41) is 0. The highest BCUT2D eigenvalue weighted by Gasteiger charge is 2.51. The van der Waals surface area contributed by atoms with Gasteiger partial charge in [-0.1, -0.05) is 82.2 Å². The van der Waals surface area contributed by atoms with Crippen LogP contribution in [0.25, 0.3) is 0 Å². The lowest BCUT2D eigenvalue weighted by Crippen LogP contribution is -2.64. The first kappa shape index (κ1) is 28.5. The van der Waals surface area contributed by atoms with Crippen molar-refractivity contribution in [1.82, 2.24) is 0 Å². The van der Waals surface area contributed by atoms with Crippen LogP contribution >= 0.6 is 0 Å². The van der Waals surface area contributed by atoms with Gasteiger partial charge >= 0.3 is 0 Å². The minimum atomic E-state index is -0.574. The summed E-state index contributed by atoms with van der Waals surface area (Å²) in [7, 11) is 0. The van der Waals surface area contributed by atoms with Crippen molar-refractivity contribution in [1.29, 1.82) is 0 Å². The summed E-state index contributed by atoms with van der Waals surface area (Å²) in [5.74, 6) is 0. The van der Waals surface area contributed by atoms with Crippen molar-refractivity contribution in [3.05, 3.63) is 35.9 Å². The highest BCUT2D eigenvalue weighted by atomic mass is 16.8. The van der Waals surface area contributed by atoms with Crippen molar-refractivity contribution in [3.8, 4) is 0 Å². The van der Waals surface area contributed by atoms with Gasteiger partial charge in [0.15, 0.2) is 12.6 Å². The van der Waals surface area contributed by atoms with Gasteiger partial charge in [0.05, 0.1) is 19.8 Å². The molecule has 0 bridgehead atoms. The molecule has 1 unspecified atom stereocenters. The summed E-state index contributed by atoms with van der Waals surface area (Å²) in [6.07, 6.45) is 7.33. The van der Waals surface area contributed by atoms with Gasteiger partial charge in [0, 0.05) is 25.3 Å². The van der Waals surface area contributed by atoms with Gasteiger partial charge in [-0.05, 0) is 6.42 Å². The van der Waals surface area contributed by atoms with E-state index in [0.29, 0.717) is 39.5 Å². The third-order valence-corrected chi connectivity index (χ3v) is 6.49. The Balaban J connectivity index is 1.58. The molecule has 1 aromatic carbocycles. The van der Waals surface area contributed by atoms with E-state index in [1.165, 1.54) is 38.5 Å². The molecule has 1 aromatic rings. The van der Waals surface area contributed by atoms with Crippen LogP contribution < -0.4 is 11.5 Å². The molecule has 0 aromatic heterocycles. The Morgan fingerprint density at radius 3 is 2.11 bits per heavy atom. The van der Waals surface area contributed by atoms with E-state index in [1.54, 1.807) is 0 Å². The number of benzene rings is 1. The number of nitrogens with two attached hydrogens (primary N) is 2. The second-order valence-electron chi connectivity index (χ2n) is 9.31. The summed E-state index contributed by atoms with van der Waals surface area (Å²) in [6.45, 7) is 4.81. The van der Waals surface area contributed by atoms with Crippen LogP contribution in [0, 0.1) is 0 Å². The Morgan fingerprint density at radius 2 is 1.43 bits per heavy atom. The molecule has 4 N–H and O–H groups in total. The average Bonchev–Trinajstić information content (AvgIpc) is 2.90. The first-order chi connectivity index (χ1) is 17.3. The fourth-order valence-corrected chi connectivity index (χ4v) is 4.67. The maximum Gasteiger partial charge on any atom is 0.186 e. The van der Waals surface area contributed by atoms with Crippen molar-refractivity contribution in [2.24, 2.45) is 11.5 Å². The van der Waals surface area contributed by atoms with Gasteiger partial charge in [0.1, 0.15) is 24.4 Å². The zero-order valence-corrected chi connectivity index (χ0v) is 21.4. The fraction of sp³-hybridized carbons (Fsp3) is 0.778. The number of rotatable bonds is 17. The number of hydrogen-bond acceptors (Lipinski definition) is 8. The Labute approximate surface area is 210 Å². The van der Waals surface area contributed by atoms with E-state index in [4.69, 9.17) is 39.9 Å². The lowest BCUT2D eigenvalue weighted by atomic mass is 9.97. The van der Waals surface area contributed by atoms with Crippen LogP contribution in [0.2, 0.25) is 0 Å². The molecule has 2 saturated heterocycles. The number of ether oxygens (including phenoxy) is 6. The first-order valence-corrected chi connectivity index (χ1v) is 13.5. The van der Waals surface area contributed by atoms with Crippen LogP contribution in [0.1, 0.15) is 70.1 Å². The van der Waals surface area contributed by atoms with Gasteiger partial charge < -0.3 is 39.9 Å². The minimum Gasteiger partial charge on any atom is -0.371 e. The largest absolute Gasteiger partial charge is 0.371 e. The van der Waals surface area contributed by atoms with Gasteiger partial charge in [-0.25, -0.2) is 0 Å². The maximum absolute atomic E-state index is 6.36. The second kappa shape index (κ2) is 16.6. The highest BCUT2D eigenvalue weighted by Crippen LogP contribution is 2.36. The molecule has 0 spiro atoms. The molecule has 0 saturated carbocycles. The van der Waals surface area contributed by atoms with Crippen LogP contribution in [0.3, 0.4) is 0 Å². The predicted octanol–water partition coefficient (Wildman–Crippen LogP) is 3.67. The van der Waals surface area contributed by atoms with Gasteiger partial charge in [0.25, 0.3) is 0 Å². The number of fused-ring (bicyclic) bond motifs is 1. The van der Waals surface area contributed by atoms with E-state index in [1.807, 2.05) is 30.3 Å². The molecule has 2 aliphatic heterocycles. The Hall–Kier alpha value is -1.10. The monoisotopic (exact) mass is 494 g/mol. The van der Waals surface area contributed by atoms with E-state index < -0.39 is 24.8 Å². The zero-order chi connectivity index (χ0) is 24.7. The molecule has 8 heteroatoms. The summed E-state index contributed by atoms with van der Waals surface area (Å²) >= 11 is 0. The van der Waals surface area contributed by atoms with E-state index in [2.05, 4.69) is 6.92 Å². The summed E-state index contributed by atoms with van der Waals surface area (Å²) in [6, 6.07) is 9.88. The first-order valence-electron chi connectivity index (χ1n) is 13.5. The molecule has 3 rings (SSSR count). The molecule has 2 heterocycles. The van der Waals surface area contributed by atoms with Crippen molar-refractivity contribution >= 4 is 0 Å². The van der Waals surface area contributed by atoms with Gasteiger partial charge in [-0.15, -0.1) is 0 Å². The molecule has 2 aliphatic rings. The minimum absolute atomic E-state index is 0.320. The molecule has 8 nitrogen and oxygen atoms in total. The van der Waals surface area contributed by atoms with Crippen molar-refractivity contribution in [2.45, 2.75) is 95.3 Å². The molecule has 200 valence electrons. The Morgan fingerprint density at radius 1 is 0.771 bits per heavy atom.